The quantitative estimate of drug-likeness (QED) is 0.408. The van der Waals surface area contributed by atoms with Crippen molar-refractivity contribution >= 4 is 11.0 Å². The van der Waals surface area contributed by atoms with E-state index in [-0.39, 0.29) is 0 Å². The van der Waals surface area contributed by atoms with Crippen LogP contribution in [0.4, 0.5) is 0 Å². The van der Waals surface area contributed by atoms with E-state index in [9.17, 15) is 0 Å². The van der Waals surface area contributed by atoms with E-state index in [1.807, 2.05) is 0 Å². The molecule has 3 fully saturated rings. The molecule has 6 rings (SSSR count). The van der Waals surface area contributed by atoms with Crippen LogP contribution in [0.25, 0.3) is 11.0 Å². The van der Waals surface area contributed by atoms with Gasteiger partial charge in [-0.25, -0.2) is 9.97 Å². The lowest BCUT2D eigenvalue weighted by molar-refractivity contribution is -0.0905. The van der Waals surface area contributed by atoms with Gasteiger partial charge in [0, 0.05) is 5.92 Å². The van der Waals surface area contributed by atoms with Crippen molar-refractivity contribution in [3.05, 3.63) is 34.6 Å². The number of fused-ring (bicyclic) bond motifs is 8. The minimum absolute atomic E-state index is 0.403. The fourth-order valence-corrected chi connectivity index (χ4v) is 10.5. The third-order valence-corrected chi connectivity index (χ3v) is 12.7. The van der Waals surface area contributed by atoms with Gasteiger partial charge in [0.15, 0.2) is 0 Å². The van der Waals surface area contributed by atoms with Gasteiger partial charge >= 0.3 is 0 Å². The molecule has 0 saturated heterocycles. The zero-order chi connectivity index (χ0) is 26.1. The Bertz CT molecular complexity index is 1170. The average molecular weight is 501 g/mol. The van der Waals surface area contributed by atoms with Crippen molar-refractivity contribution in [3.8, 4) is 0 Å². The highest BCUT2D eigenvalue weighted by Gasteiger charge is 2.61. The van der Waals surface area contributed by atoms with Crippen molar-refractivity contribution in [2.45, 2.75) is 125 Å². The van der Waals surface area contributed by atoms with Gasteiger partial charge < -0.3 is 0 Å². The fraction of sp³-hybridized carbons (Fsp3) is 0.771. The van der Waals surface area contributed by atoms with Crippen LogP contribution in [0, 0.1) is 60.2 Å². The molecule has 4 aliphatic rings. The summed E-state index contributed by atoms with van der Waals surface area (Å²) in [7, 11) is 0. The number of hydrogen-bond donors (Lipinski definition) is 0. The van der Waals surface area contributed by atoms with E-state index >= 15 is 0 Å². The second kappa shape index (κ2) is 9.34. The van der Waals surface area contributed by atoms with Crippen LogP contribution in [0.3, 0.4) is 0 Å². The molecule has 202 valence electrons. The molecule has 0 radical (unpaired) electrons. The van der Waals surface area contributed by atoms with Gasteiger partial charge in [0.05, 0.1) is 22.4 Å². The lowest BCUT2D eigenvalue weighted by Crippen LogP contribution is -2.53. The lowest BCUT2D eigenvalue weighted by atomic mass is 9.44. The molecular formula is C35H52N2. The van der Waals surface area contributed by atoms with Gasteiger partial charge in [-0.2, -0.15) is 0 Å². The molecule has 4 aliphatic carbocycles. The molecule has 8 atom stereocenters. The van der Waals surface area contributed by atoms with E-state index < -0.39 is 0 Å². The molecule has 2 heteroatoms. The van der Waals surface area contributed by atoms with Gasteiger partial charge in [-0.1, -0.05) is 53.9 Å². The maximum atomic E-state index is 5.38. The summed E-state index contributed by atoms with van der Waals surface area (Å²) < 4.78 is 0. The molecule has 37 heavy (non-hydrogen) atoms. The first kappa shape index (κ1) is 25.8. The van der Waals surface area contributed by atoms with E-state index in [0.717, 1.165) is 53.0 Å². The molecule has 0 aliphatic heterocycles. The van der Waals surface area contributed by atoms with Crippen LogP contribution in [0.5, 0.6) is 0 Å². The smallest absolute Gasteiger partial charge is 0.0893 e. The van der Waals surface area contributed by atoms with Crippen LogP contribution in [0.1, 0.15) is 127 Å². The van der Waals surface area contributed by atoms with Crippen LogP contribution in [-0.4, -0.2) is 9.97 Å². The fourth-order valence-electron chi connectivity index (χ4n) is 10.5. The number of nitrogens with zero attached hydrogens (tertiary/aromatic N) is 2. The van der Waals surface area contributed by atoms with Crippen molar-refractivity contribution in [2.24, 2.45) is 46.3 Å². The topological polar surface area (TPSA) is 25.8 Å². The summed E-state index contributed by atoms with van der Waals surface area (Å²) in [6.07, 6.45) is 15.4. The second-order valence-electron chi connectivity index (χ2n) is 15.0. The lowest BCUT2D eigenvalue weighted by Gasteiger charge is -2.60. The molecule has 0 bridgehead atoms. The Hall–Kier alpha value is -1.44. The Balaban J connectivity index is 1.25. The van der Waals surface area contributed by atoms with Crippen LogP contribution in [-0.2, 0) is 6.42 Å². The van der Waals surface area contributed by atoms with Crippen molar-refractivity contribution < 1.29 is 0 Å². The summed E-state index contributed by atoms with van der Waals surface area (Å²) in [5.74, 6) is 6.07. The summed E-state index contributed by atoms with van der Waals surface area (Å²) in [5, 5.41) is 0. The first-order chi connectivity index (χ1) is 17.6. The van der Waals surface area contributed by atoms with E-state index in [4.69, 9.17) is 9.97 Å². The van der Waals surface area contributed by atoms with Gasteiger partial charge in [-0.3, -0.25) is 0 Å². The molecule has 2 nitrogen and oxygen atoms in total. The summed E-state index contributed by atoms with van der Waals surface area (Å²) in [6.45, 7) is 17.2. The number of hydrogen-bond acceptors (Lipinski definition) is 2. The maximum absolute atomic E-state index is 5.38. The molecule has 1 aromatic heterocycles. The summed E-state index contributed by atoms with van der Waals surface area (Å²) in [6, 6.07) is 4.54. The first-order valence-corrected chi connectivity index (χ1v) is 15.9. The van der Waals surface area contributed by atoms with Gasteiger partial charge in [0.1, 0.15) is 0 Å². The Morgan fingerprint density at radius 1 is 0.811 bits per heavy atom. The molecule has 8 unspecified atom stereocenters. The first-order valence-electron chi connectivity index (χ1n) is 15.9. The van der Waals surface area contributed by atoms with Gasteiger partial charge in [-0.15, -0.1) is 0 Å². The second-order valence-corrected chi connectivity index (χ2v) is 15.0. The number of benzene rings is 1. The van der Waals surface area contributed by atoms with E-state index in [2.05, 4.69) is 60.6 Å². The highest BCUT2D eigenvalue weighted by molar-refractivity contribution is 5.76. The van der Waals surface area contributed by atoms with Gasteiger partial charge in [0.25, 0.3) is 0 Å². The third kappa shape index (κ3) is 4.10. The molecule has 0 N–H and O–H groups in total. The van der Waals surface area contributed by atoms with Gasteiger partial charge in [0.2, 0.25) is 0 Å². The monoisotopic (exact) mass is 500 g/mol. The average Bonchev–Trinajstić information content (AvgIpc) is 3.20. The van der Waals surface area contributed by atoms with Crippen LogP contribution < -0.4 is 0 Å². The Kier molecular flexibility index (Phi) is 6.52. The summed E-state index contributed by atoms with van der Waals surface area (Å²) in [5.41, 5.74) is 8.57. The Labute approximate surface area is 226 Å². The highest BCUT2D eigenvalue weighted by Crippen LogP contribution is 2.69. The van der Waals surface area contributed by atoms with Crippen LogP contribution in [0.2, 0.25) is 0 Å². The van der Waals surface area contributed by atoms with Crippen molar-refractivity contribution in [1.29, 1.82) is 0 Å². The molecule has 1 heterocycles. The molecule has 3 saturated carbocycles. The SMILES string of the molecule is Cc1cc2nc3c(nc2cc1C)C1CCC2C(CCC4(C)C(C(C)CCCC(C)C)CCC24)C1(C)CC3. The molecule has 2 aromatic rings. The summed E-state index contributed by atoms with van der Waals surface area (Å²) >= 11 is 0. The minimum Gasteiger partial charge on any atom is -0.249 e. The molecule has 1 aromatic carbocycles. The molecular weight excluding hydrogens is 448 g/mol. The maximum Gasteiger partial charge on any atom is 0.0893 e. The van der Waals surface area contributed by atoms with Gasteiger partial charge in [-0.05, 0) is 135 Å². The summed E-state index contributed by atoms with van der Waals surface area (Å²) in [4.78, 5) is 10.6. The van der Waals surface area contributed by atoms with E-state index in [1.54, 1.807) is 0 Å². The van der Waals surface area contributed by atoms with E-state index in [1.165, 1.54) is 86.7 Å². The van der Waals surface area contributed by atoms with Crippen LogP contribution in [0.15, 0.2) is 12.1 Å². The predicted octanol–water partition coefficient (Wildman–Crippen LogP) is 9.60. The molecule has 0 spiro atoms. The number of rotatable bonds is 5. The van der Waals surface area contributed by atoms with E-state index in [0.29, 0.717) is 16.7 Å². The van der Waals surface area contributed by atoms with Crippen molar-refractivity contribution in [1.82, 2.24) is 9.97 Å². The number of aryl methyl sites for hydroxylation is 3. The molecule has 0 amide bonds. The Morgan fingerprint density at radius 3 is 2.24 bits per heavy atom. The third-order valence-electron chi connectivity index (χ3n) is 12.7. The highest BCUT2D eigenvalue weighted by atomic mass is 14.9. The normalized spacial score (nSPS) is 37.7. The van der Waals surface area contributed by atoms with Crippen LogP contribution >= 0.6 is 0 Å². The standard InChI is InChI=1S/C35H52N2/c1-21(2)9-8-10-22(3)26-13-14-27-25-11-12-29-33-30(36-31-19-23(4)24(5)20-32(31)37-33)16-18-35(29,7)28(25)15-17-34(26,27)6/h19-22,25-29H,8-18H2,1-7H3. The zero-order valence-electron chi connectivity index (χ0n) is 24.9. The number of aromatic nitrogens is 2. The Morgan fingerprint density at radius 2 is 1.51 bits per heavy atom. The van der Waals surface area contributed by atoms with Crippen molar-refractivity contribution in [3.63, 3.8) is 0 Å². The van der Waals surface area contributed by atoms with Crippen molar-refractivity contribution in [2.75, 3.05) is 0 Å². The zero-order valence-corrected chi connectivity index (χ0v) is 24.9. The largest absolute Gasteiger partial charge is 0.249 e. The predicted molar refractivity (Wildman–Crippen MR) is 156 cm³/mol. The minimum atomic E-state index is 0.403.